The zero-order valence-corrected chi connectivity index (χ0v) is 10.5. The third kappa shape index (κ3) is 1.83. The van der Waals surface area contributed by atoms with Crippen molar-refractivity contribution >= 4 is 16.9 Å². The van der Waals surface area contributed by atoms with Gasteiger partial charge in [-0.1, -0.05) is 0 Å². The van der Waals surface area contributed by atoms with Crippen molar-refractivity contribution in [3.05, 3.63) is 39.0 Å². The van der Waals surface area contributed by atoms with E-state index in [1.807, 2.05) is 0 Å². The Balaban J connectivity index is 2.27. The van der Waals surface area contributed by atoms with E-state index in [-0.39, 0.29) is 11.2 Å². The van der Waals surface area contributed by atoms with Gasteiger partial charge in [0.05, 0.1) is 7.11 Å². The van der Waals surface area contributed by atoms with E-state index in [2.05, 4.69) is 19.9 Å². The van der Waals surface area contributed by atoms with Crippen LogP contribution in [-0.2, 0) is 0 Å². The molecule has 1 aromatic carbocycles. The van der Waals surface area contributed by atoms with Crippen molar-refractivity contribution in [1.29, 1.82) is 0 Å². The van der Waals surface area contributed by atoms with Gasteiger partial charge in [-0.3, -0.25) is 14.8 Å². The summed E-state index contributed by atoms with van der Waals surface area (Å²) in [5.41, 5.74) is 6.16. The van der Waals surface area contributed by atoms with Crippen LogP contribution in [0.25, 0.3) is 22.6 Å². The highest BCUT2D eigenvalue weighted by Crippen LogP contribution is 2.28. The molecule has 0 radical (unpaired) electrons. The molecule has 2 heterocycles. The van der Waals surface area contributed by atoms with Crippen molar-refractivity contribution in [3.63, 3.8) is 0 Å². The lowest BCUT2D eigenvalue weighted by molar-refractivity contribution is 0.415. The van der Waals surface area contributed by atoms with Gasteiger partial charge in [0.15, 0.2) is 5.65 Å². The van der Waals surface area contributed by atoms with Crippen LogP contribution in [0.2, 0.25) is 0 Å². The van der Waals surface area contributed by atoms with E-state index in [0.29, 0.717) is 22.8 Å². The van der Waals surface area contributed by atoms with Crippen LogP contribution in [0.4, 0.5) is 5.69 Å². The first-order chi connectivity index (χ1) is 9.58. The van der Waals surface area contributed by atoms with E-state index >= 15 is 0 Å². The van der Waals surface area contributed by atoms with Crippen molar-refractivity contribution in [2.75, 3.05) is 12.8 Å². The molecule has 0 atom stereocenters. The molecule has 0 saturated carbocycles. The number of rotatable bonds is 2. The number of anilines is 1. The summed E-state index contributed by atoms with van der Waals surface area (Å²) in [5.74, 6) is 0.987. The highest BCUT2D eigenvalue weighted by Gasteiger charge is 2.12. The number of ether oxygens (including phenoxy) is 1. The number of nitrogens with zero attached hydrogens (tertiary/aromatic N) is 1. The van der Waals surface area contributed by atoms with Gasteiger partial charge >= 0.3 is 5.69 Å². The average Bonchev–Trinajstić information content (AvgIpc) is 2.83. The van der Waals surface area contributed by atoms with Crippen molar-refractivity contribution in [2.24, 2.45) is 0 Å². The molecule has 2 aromatic heterocycles. The predicted octanol–water partition coefficient (Wildman–Crippen LogP) is 0.197. The molecule has 3 rings (SSSR count). The van der Waals surface area contributed by atoms with E-state index in [1.165, 1.54) is 7.11 Å². The largest absolute Gasteiger partial charge is 0.497 e. The Morgan fingerprint density at radius 1 is 1.20 bits per heavy atom. The van der Waals surface area contributed by atoms with E-state index < -0.39 is 11.2 Å². The van der Waals surface area contributed by atoms with Gasteiger partial charge in [0.2, 0.25) is 0 Å². The molecule has 0 aliphatic carbocycles. The molecule has 102 valence electrons. The van der Waals surface area contributed by atoms with E-state index in [4.69, 9.17) is 10.5 Å². The molecule has 8 heteroatoms. The second-order valence-electron chi connectivity index (χ2n) is 4.17. The molecule has 0 amide bonds. The maximum Gasteiger partial charge on any atom is 0.327 e. The van der Waals surface area contributed by atoms with Gasteiger partial charge < -0.3 is 15.5 Å². The van der Waals surface area contributed by atoms with Gasteiger partial charge in [0, 0.05) is 11.3 Å². The number of methoxy groups -OCH3 is 1. The van der Waals surface area contributed by atoms with Crippen molar-refractivity contribution in [2.45, 2.75) is 0 Å². The van der Waals surface area contributed by atoms with E-state index in [9.17, 15) is 9.59 Å². The number of imidazole rings is 1. The average molecular weight is 273 g/mol. The fourth-order valence-electron chi connectivity index (χ4n) is 1.93. The van der Waals surface area contributed by atoms with Gasteiger partial charge in [0.1, 0.15) is 17.1 Å². The number of benzene rings is 1. The highest BCUT2D eigenvalue weighted by molar-refractivity contribution is 5.80. The fraction of sp³-hybridized carbons (Fsp3) is 0.0833. The zero-order chi connectivity index (χ0) is 14.3. The van der Waals surface area contributed by atoms with Crippen LogP contribution in [-0.4, -0.2) is 27.0 Å². The molecule has 20 heavy (non-hydrogen) atoms. The highest BCUT2D eigenvalue weighted by atomic mass is 16.5. The summed E-state index contributed by atoms with van der Waals surface area (Å²) in [6.45, 7) is 0. The van der Waals surface area contributed by atoms with Crippen LogP contribution in [0.5, 0.6) is 5.75 Å². The van der Waals surface area contributed by atoms with Crippen molar-refractivity contribution in [1.82, 2.24) is 19.9 Å². The Hall–Kier alpha value is -3.03. The summed E-state index contributed by atoms with van der Waals surface area (Å²) in [5, 5.41) is 0. The topological polar surface area (TPSA) is 130 Å². The second-order valence-corrected chi connectivity index (χ2v) is 4.17. The first-order valence-electron chi connectivity index (χ1n) is 5.74. The standard InChI is InChI=1S/C12H11N5O3/c1-20-5-2-3-7(13)6(4-5)9-14-8-10(15-9)16-12(19)17-11(8)18/h2-4H,13H2,1H3,(H3,14,15,16,17,18,19). The van der Waals surface area contributed by atoms with Crippen LogP contribution in [0.3, 0.4) is 0 Å². The van der Waals surface area contributed by atoms with Crippen LogP contribution < -0.4 is 21.7 Å². The minimum atomic E-state index is -0.612. The molecule has 0 bridgehead atoms. The summed E-state index contributed by atoms with van der Waals surface area (Å²) in [6, 6.07) is 5.09. The SMILES string of the molecule is COc1ccc(N)c(-c2nc3[nH]c(=O)[nH]c(=O)c3[nH]2)c1. The fourth-order valence-corrected chi connectivity index (χ4v) is 1.93. The summed E-state index contributed by atoms with van der Waals surface area (Å²) in [6.07, 6.45) is 0. The lowest BCUT2D eigenvalue weighted by Crippen LogP contribution is -2.21. The van der Waals surface area contributed by atoms with Crippen LogP contribution in [0, 0.1) is 0 Å². The maximum atomic E-state index is 11.6. The molecular weight excluding hydrogens is 262 g/mol. The quantitative estimate of drug-likeness (QED) is 0.495. The van der Waals surface area contributed by atoms with Gasteiger partial charge in [-0.25, -0.2) is 9.78 Å². The molecule has 0 unspecified atom stereocenters. The Bertz CT molecular complexity index is 905. The van der Waals surface area contributed by atoms with Crippen molar-refractivity contribution < 1.29 is 4.74 Å². The van der Waals surface area contributed by atoms with Gasteiger partial charge in [-0.15, -0.1) is 0 Å². The van der Waals surface area contributed by atoms with Crippen LogP contribution in [0.15, 0.2) is 27.8 Å². The summed E-state index contributed by atoms with van der Waals surface area (Å²) in [7, 11) is 1.54. The molecule has 0 spiro atoms. The third-order valence-electron chi connectivity index (χ3n) is 2.91. The number of nitrogens with two attached hydrogens (primary N) is 1. The zero-order valence-electron chi connectivity index (χ0n) is 10.5. The third-order valence-corrected chi connectivity index (χ3v) is 2.91. The number of nitrogen functional groups attached to an aromatic ring is 1. The Morgan fingerprint density at radius 2 is 2.00 bits per heavy atom. The number of fused-ring (bicyclic) bond motifs is 1. The van der Waals surface area contributed by atoms with E-state index in [1.54, 1.807) is 18.2 Å². The second kappa shape index (κ2) is 4.26. The first-order valence-corrected chi connectivity index (χ1v) is 5.74. The molecule has 0 saturated heterocycles. The number of H-pyrrole nitrogens is 3. The maximum absolute atomic E-state index is 11.6. The molecule has 8 nitrogen and oxygen atoms in total. The van der Waals surface area contributed by atoms with Gasteiger partial charge in [-0.05, 0) is 18.2 Å². The minimum absolute atomic E-state index is 0.177. The Morgan fingerprint density at radius 3 is 2.75 bits per heavy atom. The predicted molar refractivity (Wildman–Crippen MR) is 73.7 cm³/mol. The Kier molecular flexibility index (Phi) is 2.56. The van der Waals surface area contributed by atoms with Gasteiger partial charge in [-0.2, -0.15) is 0 Å². The molecule has 3 aromatic rings. The minimum Gasteiger partial charge on any atom is -0.497 e. The number of hydrogen-bond acceptors (Lipinski definition) is 5. The summed E-state index contributed by atoms with van der Waals surface area (Å²) < 4.78 is 5.13. The van der Waals surface area contributed by atoms with Crippen molar-refractivity contribution in [3.8, 4) is 17.1 Å². The summed E-state index contributed by atoms with van der Waals surface area (Å²) >= 11 is 0. The molecular formula is C12H11N5O3. The molecule has 0 fully saturated rings. The van der Waals surface area contributed by atoms with Crippen LogP contribution >= 0.6 is 0 Å². The number of aromatic nitrogens is 4. The van der Waals surface area contributed by atoms with E-state index in [0.717, 1.165) is 0 Å². The number of aromatic amines is 3. The number of hydrogen-bond donors (Lipinski definition) is 4. The lowest BCUT2D eigenvalue weighted by Gasteiger charge is -2.05. The Labute approximate surface area is 111 Å². The normalized spacial score (nSPS) is 10.8. The van der Waals surface area contributed by atoms with Gasteiger partial charge in [0.25, 0.3) is 5.56 Å². The molecule has 0 aliphatic rings. The monoisotopic (exact) mass is 273 g/mol. The first kappa shape index (κ1) is 12.0. The molecule has 0 aliphatic heterocycles. The number of nitrogens with one attached hydrogen (secondary N) is 3. The summed E-state index contributed by atoms with van der Waals surface area (Å²) in [4.78, 5) is 34.4. The molecule has 5 N–H and O–H groups in total. The lowest BCUT2D eigenvalue weighted by atomic mass is 10.1. The smallest absolute Gasteiger partial charge is 0.327 e. The van der Waals surface area contributed by atoms with Crippen LogP contribution in [0.1, 0.15) is 0 Å².